The van der Waals surface area contributed by atoms with Crippen LogP contribution in [0.15, 0.2) is 5.16 Å². The van der Waals surface area contributed by atoms with E-state index in [1.807, 2.05) is 0 Å². The summed E-state index contributed by atoms with van der Waals surface area (Å²) >= 11 is 0. The van der Waals surface area contributed by atoms with Crippen LogP contribution in [-0.4, -0.2) is 34.1 Å². The lowest BCUT2D eigenvalue weighted by molar-refractivity contribution is 0.309. The molecule has 1 heterocycles. The third-order valence-electron chi connectivity index (χ3n) is 2.32. The Labute approximate surface area is 106 Å². The molecular formula is C10H19FN4O2S. The van der Waals surface area contributed by atoms with Crippen molar-refractivity contribution in [3.05, 3.63) is 0 Å². The second-order valence-corrected chi connectivity index (χ2v) is 7.60. The summed E-state index contributed by atoms with van der Waals surface area (Å²) in [6, 6.07) is 0. The number of alkyl halides is 1. The number of hydrogen-bond acceptors (Lipinski definition) is 5. The Balaban J connectivity index is 3.18. The minimum absolute atomic E-state index is 0.0613. The molecule has 1 unspecified atom stereocenters. The molecule has 0 spiro atoms. The van der Waals surface area contributed by atoms with Crippen LogP contribution >= 0.6 is 0 Å². The lowest BCUT2D eigenvalue weighted by Gasteiger charge is -2.20. The van der Waals surface area contributed by atoms with Gasteiger partial charge in [-0.05, 0) is 43.5 Å². The van der Waals surface area contributed by atoms with Gasteiger partial charge in [0.15, 0.2) is 0 Å². The summed E-state index contributed by atoms with van der Waals surface area (Å²) in [6.45, 7) is 8.76. The van der Waals surface area contributed by atoms with Gasteiger partial charge in [-0.1, -0.05) is 18.9 Å². The number of aromatic nitrogens is 4. The Morgan fingerprint density at radius 3 is 2.33 bits per heavy atom. The molecule has 6 nitrogen and oxygen atoms in total. The van der Waals surface area contributed by atoms with E-state index in [2.05, 4.69) is 15.5 Å². The van der Waals surface area contributed by atoms with Crippen molar-refractivity contribution < 1.29 is 12.8 Å². The third-order valence-corrected chi connectivity index (χ3v) is 3.95. The Bertz CT molecular complexity index is 504. The number of sulfone groups is 1. The molecule has 0 saturated carbocycles. The highest BCUT2D eigenvalue weighted by molar-refractivity contribution is 7.91. The maximum Gasteiger partial charge on any atom is 0.271 e. The summed E-state index contributed by atoms with van der Waals surface area (Å²) in [5.41, 5.74) is -2.60. The average molecular weight is 278 g/mol. The van der Waals surface area contributed by atoms with Gasteiger partial charge in [-0.25, -0.2) is 17.5 Å². The van der Waals surface area contributed by atoms with Crippen molar-refractivity contribution in [3.63, 3.8) is 0 Å². The zero-order valence-corrected chi connectivity index (χ0v) is 12.1. The maximum absolute atomic E-state index is 13.9. The monoisotopic (exact) mass is 278 g/mol. The van der Waals surface area contributed by atoms with E-state index in [1.54, 1.807) is 34.6 Å². The van der Waals surface area contributed by atoms with Crippen LogP contribution in [0.5, 0.6) is 0 Å². The highest BCUT2D eigenvalue weighted by Gasteiger charge is 2.36. The van der Waals surface area contributed by atoms with Crippen molar-refractivity contribution in [3.8, 4) is 0 Å². The summed E-state index contributed by atoms with van der Waals surface area (Å²) in [5.74, 6) is -0.0613. The van der Waals surface area contributed by atoms with Crippen LogP contribution in [0, 0.1) is 5.92 Å². The molecule has 104 valence electrons. The smallest absolute Gasteiger partial charge is 0.229 e. The van der Waals surface area contributed by atoms with E-state index in [0.29, 0.717) is 0 Å². The summed E-state index contributed by atoms with van der Waals surface area (Å²) in [6.07, 6.45) is -0.0701. The fourth-order valence-corrected chi connectivity index (χ4v) is 2.96. The molecule has 8 heteroatoms. The lowest BCUT2D eigenvalue weighted by Crippen LogP contribution is -2.30. The Morgan fingerprint density at radius 2 is 1.89 bits per heavy atom. The van der Waals surface area contributed by atoms with Crippen LogP contribution in [0.2, 0.25) is 0 Å². The van der Waals surface area contributed by atoms with Gasteiger partial charge in [-0.2, -0.15) is 0 Å². The standard InChI is InChI=1S/C10H19FN4O2S/c1-7(2)6-8(11)18(16,17)9-12-13-14-15(9)10(3,4)5/h7-8H,6H2,1-5H3. The van der Waals surface area contributed by atoms with Gasteiger partial charge in [0.2, 0.25) is 15.3 Å². The zero-order chi connectivity index (χ0) is 14.1. The van der Waals surface area contributed by atoms with Crippen LogP contribution in [0.4, 0.5) is 4.39 Å². The van der Waals surface area contributed by atoms with Crippen molar-refractivity contribution in [1.29, 1.82) is 0 Å². The molecule has 0 aromatic carbocycles. The number of hydrogen-bond donors (Lipinski definition) is 0. The van der Waals surface area contributed by atoms with Gasteiger partial charge in [0.05, 0.1) is 5.54 Å². The first-order valence-electron chi connectivity index (χ1n) is 5.73. The maximum atomic E-state index is 13.9. The predicted molar refractivity (Wildman–Crippen MR) is 64.3 cm³/mol. The van der Waals surface area contributed by atoms with Crippen LogP contribution < -0.4 is 0 Å². The number of halogens is 1. The van der Waals surface area contributed by atoms with Crippen LogP contribution in [-0.2, 0) is 15.4 Å². The summed E-state index contributed by atoms with van der Waals surface area (Å²) in [7, 11) is -4.14. The predicted octanol–water partition coefficient (Wildman–Crippen LogP) is 1.54. The number of rotatable bonds is 4. The van der Waals surface area contributed by atoms with Gasteiger partial charge in [-0.3, -0.25) is 0 Å². The molecule has 1 rings (SSSR count). The molecule has 0 amide bonds. The number of nitrogens with zero attached hydrogens (tertiary/aromatic N) is 4. The first kappa shape index (κ1) is 15.0. The van der Waals surface area contributed by atoms with E-state index in [4.69, 9.17) is 0 Å². The van der Waals surface area contributed by atoms with Gasteiger partial charge < -0.3 is 0 Å². The molecule has 18 heavy (non-hydrogen) atoms. The van der Waals surface area contributed by atoms with Crippen molar-refractivity contribution in [2.75, 3.05) is 0 Å². The Kier molecular flexibility index (Phi) is 4.09. The van der Waals surface area contributed by atoms with Crippen LogP contribution in [0.25, 0.3) is 0 Å². The summed E-state index contributed by atoms with van der Waals surface area (Å²) < 4.78 is 39.1. The SMILES string of the molecule is CC(C)CC(F)S(=O)(=O)c1nnnn1C(C)(C)C. The minimum atomic E-state index is -4.14. The van der Waals surface area contributed by atoms with E-state index in [1.165, 1.54) is 0 Å². The first-order chi connectivity index (χ1) is 8.06. The van der Waals surface area contributed by atoms with Crippen LogP contribution in [0.1, 0.15) is 41.0 Å². The van der Waals surface area contributed by atoms with E-state index < -0.39 is 26.0 Å². The molecule has 0 fully saturated rings. The van der Waals surface area contributed by atoms with E-state index >= 15 is 0 Å². The van der Waals surface area contributed by atoms with Gasteiger partial charge in [0.25, 0.3) is 5.16 Å². The molecule has 0 saturated heterocycles. The van der Waals surface area contributed by atoms with Gasteiger partial charge in [0.1, 0.15) is 0 Å². The highest BCUT2D eigenvalue weighted by Crippen LogP contribution is 2.23. The quantitative estimate of drug-likeness (QED) is 0.835. The summed E-state index contributed by atoms with van der Waals surface area (Å²) in [5, 5.41) is 10.0. The van der Waals surface area contributed by atoms with Crippen molar-refractivity contribution in [1.82, 2.24) is 20.2 Å². The largest absolute Gasteiger partial charge is 0.271 e. The number of tetrazole rings is 1. The minimum Gasteiger partial charge on any atom is -0.229 e. The zero-order valence-electron chi connectivity index (χ0n) is 11.3. The Morgan fingerprint density at radius 1 is 1.33 bits per heavy atom. The van der Waals surface area contributed by atoms with E-state index in [0.717, 1.165) is 4.68 Å². The van der Waals surface area contributed by atoms with Crippen molar-refractivity contribution in [2.24, 2.45) is 5.92 Å². The molecule has 0 aliphatic carbocycles. The molecule has 0 bridgehead atoms. The molecular weight excluding hydrogens is 259 g/mol. The second-order valence-electron chi connectivity index (χ2n) is 5.63. The van der Waals surface area contributed by atoms with Gasteiger partial charge >= 0.3 is 0 Å². The molecule has 0 N–H and O–H groups in total. The van der Waals surface area contributed by atoms with E-state index in [-0.39, 0.29) is 12.3 Å². The fraction of sp³-hybridized carbons (Fsp3) is 0.900. The molecule has 1 aromatic heterocycles. The lowest BCUT2D eigenvalue weighted by atomic mass is 10.1. The van der Waals surface area contributed by atoms with Gasteiger partial charge in [-0.15, -0.1) is 0 Å². The average Bonchev–Trinajstić information content (AvgIpc) is 2.64. The third kappa shape index (κ3) is 3.04. The normalized spacial score (nSPS) is 15.1. The first-order valence-corrected chi connectivity index (χ1v) is 7.28. The topological polar surface area (TPSA) is 77.7 Å². The molecule has 0 radical (unpaired) electrons. The van der Waals surface area contributed by atoms with E-state index in [9.17, 15) is 12.8 Å². The fourth-order valence-electron chi connectivity index (χ4n) is 1.39. The van der Waals surface area contributed by atoms with Crippen LogP contribution in [0.3, 0.4) is 0 Å². The molecule has 1 aromatic rings. The molecule has 1 atom stereocenters. The van der Waals surface area contributed by atoms with Crippen molar-refractivity contribution in [2.45, 2.75) is 57.2 Å². The molecule has 0 aliphatic heterocycles. The Hall–Kier alpha value is -1.05. The molecule has 0 aliphatic rings. The second kappa shape index (κ2) is 4.91. The van der Waals surface area contributed by atoms with Crippen molar-refractivity contribution >= 4 is 9.84 Å². The summed E-state index contributed by atoms with van der Waals surface area (Å²) in [4.78, 5) is 0. The van der Waals surface area contributed by atoms with Gasteiger partial charge in [0, 0.05) is 0 Å². The highest BCUT2D eigenvalue weighted by atomic mass is 32.2.